The van der Waals surface area contributed by atoms with Crippen LogP contribution in [-0.2, 0) is 0 Å². The Morgan fingerprint density at radius 3 is 2.56 bits per heavy atom. The fraction of sp³-hybridized carbons (Fsp3) is 0.500. The van der Waals surface area contributed by atoms with Gasteiger partial charge in [-0.15, -0.1) is 0 Å². The predicted octanol–water partition coefficient (Wildman–Crippen LogP) is 3.74. The lowest BCUT2D eigenvalue weighted by Crippen LogP contribution is -2.10. The van der Waals surface area contributed by atoms with Gasteiger partial charge in [-0.05, 0) is 37.3 Å². The Morgan fingerprint density at radius 1 is 1.25 bits per heavy atom. The number of rotatable bonds is 2. The number of aromatic carboxylic acids is 1. The fourth-order valence-electron chi connectivity index (χ4n) is 2.63. The number of hydrogen-bond donors (Lipinski definition) is 1. The molecule has 0 saturated heterocycles. The van der Waals surface area contributed by atoms with Gasteiger partial charge in [0.25, 0.3) is 0 Å². The molecule has 0 aliphatic heterocycles. The van der Waals surface area contributed by atoms with E-state index in [9.17, 15) is 9.90 Å². The first-order valence-corrected chi connectivity index (χ1v) is 6.02. The number of benzene rings is 1. The number of aryl methyl sites for hydroxylation is 1. The van der Waals surface area contributed by atoms with Gasteiger partial charge >= 0.3 is 5.97 Å². The van der Waals surface area contributed by atoms with E-state index in [0.717, 1.165) is 24.0 Å². The Bertz CT molecular complexity index is 390. The molecule has 1 saturated carbocycles. The second kappa shape index (κ2) is 4.69. The van der Waals surface area contributed by atoms with Crippen LogP contribution in [0.25, 0.3) is 0 Å². The van der Waals surface area contributed by atoms with Crippen molar-refractivity contribution in [2.24, 2.45) is 0 Å². The first-order valence-electron chi connectivity index (χ1n) is 6.02. The van der Waals surface area contributed by atoms with E-state index in [1.165, 1.54) is 19.3 Å². The summed E-state index contributed by atoms with van der Waals surface area (Å²) in [5, 5.41) is 9.19. The van der Waals surface area contributed by atoms with Crippen LogP contribution in [0.15, 0.2) is 18.2 Å². The lowest BCUT2D eigenvalue weighted by Gasteiger charge is -2.23. The van der Waals surface area contributed by atoms with Crippen LogP contribution in [-0.4, -0.2) is 11.1 Å². The molecule has 1 aromatic carbocycles. The van der Waals surface area contributed by atoms with Crippen molar-refractivity contribution in [1.82, 2.24) is 0 Å². The molecule has 1 N–H and O–H groups in total. The minimum Gasteiger partial charge on any atom is -0.478 e. The van der Waals surface area contributed by atoms with Crippen molar-refractivity contribution in [3.63, 3.8) is 0 Å². The highest BCUT2D eigenvalue weighted by molar-refractivity contribution is 5.89. The zero-order chi connectivity index (χ0) is 11.5. The molecule has 1 aromatic rings. The molecule has 0 aromatic heterocycles. The van der Waals surface area contributed by atoms with Crippen molar-refractivity contribution in [1.29, 1.82) is 0 Å². The molecule has 0 atom stereocenters. The molecule has 0 amide bonds. The van der Waals surface area contributed by atoms with Crippen molar-refractivity contribution in [3.05, 3.63) is 34.9 Å². The van der Waals surface area contributed by atoms with Crippen molar-refractivity contribution < 1.29 is 9.90 Å². The molecule has 0 radical (unpaired) electrons. The normalized spacial score (nSPS) is 17.3. The largest absolute Gasteiger partial charge is 0.478 e. The maximum Gasteiger partial charge on any atom is 0.335 e. The summed E-state index contributed by atoms with van der Waals surface area (Å²) in [5.74, 6) is -0.333. The number of carboxylic acid groups (broad SMARTS) is 1. The first kappa shape index (κ1) is 11.2. The summed E-state index contributed by atoms with van der Waals surface area (Å²) < 4.78 is 0. The standard InChI is InChI=1S/C14H18O2/c1-10-7-8-12(14(15)16)13(9-10)11-5-3-2-4-6-11/h7-9,11H,2-6H2,1H3,(H,15,16). The van der Waals surface area contributed by atoms with Gasteiger partial charge in [0.15, 0.2) is 0 Å². The summed E-state index contributed by atoms with van der Waals surface area (Å²) in [7, 11) is 0. The molecule has 0 heterocycles. The minimum absolute atomic E-state index is 0.458. The average molecular weight is 218 g/mol. The van der Waals surface area contributed by atoms with Crippen LogP contribution in [0, 0.1) is 6.92 Å². The number of hydrogen-bond acceptors (Lipinski definition) is 1. The van der Waals surface area contributed by atoms with Crippen LogP contribution in [0.4, 0.5) is 0 Å². The second-order valence-corrected chi connectivity index (χ2v) is 4.73. The predicted molar refractivity (Wildman–Crippen MR) is 64.0 cm³/mol. The number of carbonyl (C=O) groups is 1. The summed E-state index contributed by atoms with van der Waals surface area (Å²) in [4.78, 5) is 11.2. The fourth-order valence-corrected chi connectivity index (χ4v) is 2.63. The maximum absolute atomic E-state index is 11.2. The Morgan fingerprint density at radius 2 is 1.94 bits per heavy atom. The Kier molecular flexibility index (Phi) is 3.28. The van der Waals surface area contributed by atoms with E-state index in [4.69, 9.17) is 0 Å². The van der Waals surface area contributed by atoms with Crippen LogP contribution in [0.2, 0.25) is 0 Å². The van der Waals surface area contributed by atoms with Crippen molar-refractivity contribution in [3.8, 4) is 0 Å². The third-order valence-electron chi connectivity index (χ3n) is 3.48. The maximum atomic E-state index is 11.2. The summed E-state index contributed by atoms with van der Waals surface area (Å²) in [5.41, 5.74) is 2.70. The summed E-state index contributed by atoms with van der Waals surface area (Å²) in [6.45, 7) is 2.03. The molecule has 1 aliphatic carbocycles. The topological polar surface area (TPSA) is 37.3 Å². The van der Waals surface area contributed by atoms with Crippen LogP contribution >= 0.6 is 0 Å². The van der Waals surface area contributed by atoms with Crippen LogP contribution in [0.3, 0.4) is 0 Å². The summed E-state index contributed by atoms with van der Waals surface area (Å²) in [6, 6.07) is 5.69. The van der Waals surface area contributed by atoms with Gasteiger partial charge in [-0.25, -0.2) is 4.79 Å². The van der Waals surface area contributed by atoms with E-state index >= 15 is 0 Å². The van der Waals surface area contributed by atoms with E-state index in [-0.39, 0.29) is 0 Å². The molecule has 2 heteroatoms. The lowest BCUT2D eigenvalue weighted by molar-refractivity contribution is 0.0694. The molecular weight excluding hydrogens is 200 g/mol. The van der Waals surface area contributed by atoms with Gasteiger partial charge in [-0.3, -0.25) is 0 Å². The molecule has 2 rings (SSSR count). The molecule has 0 bridgehead atoms. The molecule has 0 spiro atoms. The zero-order valence-electron chi connectivity index (χ0n) is 9.70. The molecule has 1 aliphatic rings. The number of carboxylic acids is 1. The van der Waals surface area contributed by atoms with Gasteiger partial charge in [-0.2, -0.15) is 0 Å². The highest BCUT2D eigenvalue weighted by atomic mass is 16.4. The van der Waals surface area contributed by atoms with Crippen LogP contribution in [0.1, 0.15) is 59.5 Å². The van der Waals surface area contributed by atoms with E-state index in [2.05, 4.69) is 6.07 Å². The minimum atomic E-state index is -0.791. The second-order valence-electron chi connectivity index (χ2n) is 4.73. The molecule has 86 valence electrons. The average Bonchev–Trinajstić information content (AvgIpc) is 2.29. The molecule has 2 nitrogen and oxygen atoms in total. The van der Waals surface area contributed by atoms with Gasteiger partial charge in [0.05, 0.1) is 5.56 Å². The Labute approximate surface area is 96.3 Å². The van der Waals surface area contributed by atoms with Gasteiger partial charge in [-0.1, -0.05) is 37.0 Å². The van der Waals surface area contributed by atoms with E-state index in [0.29, 0.717) is 11.5 Å². The van der Waals surface area contributed by atoms with Gasteiger partial charge in [0.2, 0.25) is 0 Å². The summed E-state index contributed by atoms with van der Waals surface area (Å²) >= 11 is 0. The van der Waals surface area contributed by atoms with Gasteiger partial charge in [0.1, 0.15) is 0 Å². The molecule has 0 unspecified atom stereocenters. The third-order valence-corrected chi connectivity index (χ3v) is 3.48. The molecule has 1 fully saturated rings. The van der Waals surface area contributed by atoms with Crippen molar-refractivity contribution >= 4 is 5.97 Å². The van der Waals surface area contributed by atoms with Gasteiger partial charge in [0, 0.05) is 0 Å². The Hall–Kier alpha value is -1.31. The van der Waals surface area contributed by atoms with Crippen molar-refractivity contribution in [2.75, 3.05) is 0 Å². The highest BCUT2D eigenvalue weighted by Crippen LogP contribution is 2.34. The van der Waals surface area contributed by atoms with Crippen LogP contribution in [0.5, 0.6) is 0 Å². The monoisotopic (exact) mass is 218 g/mol. The van der Waals surface area contributed by atoms with E-state index < -0.39 is 5.97 Å². The molecular formula is C14H18O2. The quantitative estimate of drug-likeness (QED) is 0.821. The third kappa shape index (κ3) is 2.26. The Balaban J connectivity index is 2.36. The summed E-state index contributed by atoms with van der Waals surface area (Å²) in [6.07, 6.45) is 6.05. The smallest absolute Gasteiger partial charge is 0.335 e. The van der Waals surface area contributed by atoms with E-state index in [1.54, 1.807) is 6.07 Å². The van der Waals surface area contributed by atoms with E-state index in [1.807, 2.05) is 13.0 Å². The zero-order valence-corrected chi connectivity index (χ0v) is 9.70. The lowest BCUT2D eigenvalue weighted by atomic mass is 9.81. The highest BCUT2D eigenvalue weighted by Gasteiger charge is 2.21. The van der Waals surface area contributed by atoms with Gasteiger partial charge < -0.3 is 5.11 Å². The SMILES string of the molecule is Cc1ccc(C(=O)O)c(C2CCCCC2)c1. The van der Waals surface area contributed by atoms with Crippen molar-refractivity contribution in [2.45, 2.75) is 44.9 Å². The molecule has 16 heavy (non-hydrogen) atoms. The van der Waals surface area contributed by atoms with Crippen LogP contribution < -0.4 is 0 Å². The first-order chi connectivity index (χ1) is 7.68.